The lowest BCUT2D eigenvalue weighted by Crippen LogP contribution is -2.27. The van der Waals surface area contributed by atoms with E-state index in [1.807, 2.05) is 66.0 Å². The second-order valence-corrected chi connectivity index (χ2v) is 9.71. The van der Waals surface area contributed by atoms with Gasteiger partial charge in [-0.15, -0.1) is 11.3 Å². The van der Waals surface area contributed by atoms with Crippen molar-refractivity contribution in [3.63, 3.8) is 0 Å². The van der Waals surface area contributed by atoms with Gasteiger partial charge in [-0.1, -0.05) is 48.5 Å². The maximum Gasteiger partial charge on any atom is 0.256 e. The number of rotatable bonds is 7. The Morgan fingerprint density at radius 1 is 0.921 bits per heavy atom. The Bertz CT molecular complexity index is 1580. The van der Waals surface area contributed by atoms with Gasteiger partial charge in [0.25, 0.3) is 5.91 Å². The molecule has 5 aromatic rings. The highest BCUT2D eigenvalue weighted by Crippen LogP contribution is 2.29. The van der Waals surface area contributed by atoms with E-state index in [0.29, 0.717) is 30.2 Å². The topological polar surface area (TPSA) is 100 Å². The summed E-state index contributed by atoms with van der Waals surface area (Å²) in [5.74, 6) is 1.57. The fraction of sp³-hybridized carbons (Fsp3) is 0.103. The molecule has 0 saturated carbocycles. The van der Waals surface area contributed by atoms with Crippen LogP contribution < -0.4 is 10.1 Å². The van der Waals surface area contributed by atoms with Gasteiger partial charge in [0, 0.05) is 22.1 Å². The molecule has 2 amide bonds. The van der Waals surface area contributed by atoms with E-state index >= 15 is 0 Å². The summed E-state index contributed by atoms with van der Waals surface area (Å²) < 4.78 is 5.79. The van der Waals surface area contributed by atoms with Crippen molar-refractivity contribution in [1.82, 2.24) is 20.1 Å². The number of aromatic nitrogens is 3. The molecule has 0 bridgehead atoms. The Balaban J connectivity index is 1.07. The molecule has 0 radical (unpaired) electrons. The fourth-order valence-electron chi connectivity index (χ4n) is 4.26. The first-order valence-corrected chi connectivity index (χ1v) is 13.0. The number of para-hydroxylation sites is 1. The lowest BCUT2D eigenvalue weighted by atomic mass is 10.2. The average Bonchev–Trinajstić information content (AvgIpc) is 3.68. The van der Waals surface area contributed by atoms with Crippen LogP contribution in [0.15, 0.2) is 90.3 Å². The highest BCUT2D eigenvalue weighted by molar-refractivity contribution is 7.13. The van der Waals surface area contributed by atoms with Crippen molar-refractivity contribution in [3.8, 4) is 22.1 Å². The molecule has 38 heavy (non-hydrogen) atoms. The Morgan fingerprint density at radius 3 is 2.39 bits per heavy atom. The normalized spacial score (nSPS) is 12.3. The third-order valence-corrected chi connectivity index (χ3v) is 7.17. The summed E-state index contributed by atoms with van der Waals surface area (Å²) in [4.78, 5) is 32.2. The number of H-pyrrole nitrogens is 1. The quantitative estimate of drug-likeness (QED) is 0.288. The molecular weight excluding hydrogens is 498 g/mol. The predicted molar refractivity (Wildman–Crippen MR) is 145 cm³/mol. The van der Waals surface area contributed by atoms with E-state index in [-0.39, 0.29) is 18.2 Å². The van der Waals surface area contributed by atoms with Crippen LogP contribution in [0, 0.1) is 0 Å². The van der Waals surface area contributed by atoms with Gasteiger partial charge in [0.15, 0.2) is 0 Å². The first-order chi connectivity index (χ1) is 18.6. The van der Waals surface area contributed by atoms with Crippen molar-refractivity contribution in [1.29, 1.82) is 0 Å². The van der Waals surface area contributed by atoms with E-state index in [0.717, 1.165) is 33.3 Å². The van der Waals surface area contributed by atoms with Crippen LogP contribution >= 0.6 is 11.3 Å². The number of ether oxygens (including phenoxy) is 1. The fourth-order valence-corrected chi connectivity index (χ4v) is 5.09. The van der Waals surface area contributed by atoms with Crippen molar-refractivity contribution in [2.45, 2.75) is 19.5 Å². The third-order valence-electron chi connectivity index (χ3n) is 6.23. The minimum Gasteiger partial charge on any atom is -0.457 e. The molecule has 0 unspecified atom stereocenters. The van der Waals surface area contributed by atoms with Crippen LogP contribution in [0.3, 0.4) is 0 Å². The molecule has 0 atom stereocenters. The summed E-state index contributed by atoms with van der Waals surface area (Å²) >= 11 is 1.53. The van der Waals surface area contributed by atoms with Gasteiger partial charge in [-0.05, 0) is 36.4 Å². The molecule has 6 rings (SSSR count). The Labute approximate surface area is 222 Å². The van der Waals surface area contributed by atoms with Crippen LogP contribution in [0.5, 0.6) is 11.5 Å². The zero-order chi connectivity index (χ0) is 25.9. The Kier molecular flexibility index (Phi) is 6.41. The molecule has 1 aliphatic rings. The second kappa shape index (κ2) is 10.3. The summed E-state index contributed by atoms with van der Waals surface area (Å²) in [6.07, 6.45) is 0.219. The molecule has 2 N–H and O–H groups in total. The van der Waals surface area contributed by atoms with Gasteiger partial charge in [0.05, 0.1) is 30.9 Å². The number of nitrogens with zero attached hydrogens (tertiary/aromatic N) is 3. The number of benzene rings is 3. The predicted octanol–water partition coefficient (Wildman–Crippen LogP) is 5.66. The SMILES string of the molecule is O=C(Nc1[nH]nc2c1CN(C(=O)Cc1csc(-c3ccccc3)n1)C2)c1ccc(Oc2ccccc2)cc1. The minimum absolute atomic E-state index is 0.0285. The number of anilines is 1. The molecule has 3 aromatic carbocycles. The van der Waals surface area contributed by atoms with Crippen LogP contribution in [0.25, 0.3) is 10.6 Å². The first kappa shape index (κ1) is 23.6. The van der Waals surface area contributed by atoms with E-state index < -0.39 is 0 Å². The number of hydrogen-bond acceptors (Lipinski definition) is 6. The van der Waals surface area contributed by atoms with Crippen LogP contribution in [0.4, 0.5) is 5.82 Å². The smallest absolute Gasteiger partial charge is 0.256 e. The standard InChI is InChI=1S/C29H23N5O3S/c35-26(15-21-18-38-29(30-21)20-7-3-1-4-8-20)34-16-24-25(17-34)32-33-27(24)31-28(36)19-11-13-23(14-12-19)37-22-9-5-2-6-10-22/h1-14,18H,15-17H2,(H2,31,32,33,36). The van der Waals surface area contributed by atoms with Gasteiger partial charge in [0.1, 0.15) is 22.3 Å². The van der Waals surface area contributed by atoms with E-state index in [2.05, 4.69) is 20.5 Å². The number of hydrogen-bond donors (Lipinski definition) is 2. The first-order valence-electron chi connectivity index (χ1n) is 12.1. The highest BCUT2D eigenvalue weighted by atomic mass is 32.1. The number of fused-ring (bicyclic) bond motifs is 1. The van der Waals surface area contributed by atoms with E-state index in [9.17, 15) is 9.59 Å². The van der Waals surface area contributed by atoms with Crippen molar-refractivity contribution in [2.75, 3.05) is 5.32 Å². The highest BCUT2D eigenvalue weighted by Gasteiger charge is 2.29. The van der Waals surface area contributed by atoms with Crippen LogP contribution in [0.2, 0.25) is 0 Å². The lowest BCUT2D eigenvalue weighted by Gasteiger charge is -2.15. The molecule has 3 heterocycles. The average molecular weight is 522 g/mol. The largest absolute Gasteiger partial charge is 0.457 e. The van der Waals surface area contributed by atoms with Gasteiger partial charge in [0.2, 0.25) is 5.91 Å². The van der Waals surface area contributed by atoms with Crippen molar-refractivity contribution in [3.05, 3.63) is 113 Å². The monoisotopic (exact) mass is 521 g/mol. The molecule has 1 aliphatic heterocycles. The van der Waals surface area contributed by atoms with E-state index in [1.54, 1.807) is 29.2 Å². The third kappa shape index (κ3) is 5.05. The maximum absolute atomic E-state index is 13.0. The number of amides is 2. The van der Waals surface area contributed by atoms with Crippen LogP contribution in [-0.2, 0) is 24.3 Å². The van der Waals surface area contributed by atoms with Gasteiger partial charge in [-0.2, -0.15) is 5.10 Å². The molecule has 8 nitrogen and oxygen atoms in total. The van der Waals surface area contributed by atoms with Gasteiger partial charge in [-0.3, -0.25) is 14.7 Å². The molecule has 9 heteroatoms. The summed E-state index contributed by atoms with van der Waals surface area (Å²) in [7, 11) is 0. The van der Waals surface area contributed by atoms with Gasteiger partial charge < -0.3 is 15.0 Å². The van der Waals surface area contributed by atoms with Gasteiger partial charge >= 0.3 is 0 Å². The molecule has 188 valence electrons. The van der Waals surface area contributed by atoms with Crippen LogP contribution in [-0.4, -0.2) is 31.9 Å². The van der Waals surface area contributed by atoms with Crippen molar-refractivity contribution in [2.24, 2.45) is 0 Å². The summed E-state index contributed by atoms with van der Waals surface area (Å²) in [6, 6.07) is 26.3. The van der Waals surface area contributed by atoms with Crippen molar-refractivity contribution >= 4 is 29.0 Å². The lowest BCUT2D eigenvalue weighted by molar-refractivity contribution is -0.131. The number of nitrogens with one attached hydrogen (secondary N) is 2. The number of thiazole rings is 1. The Hall–Kier alpha value is -4.76. The Morgan fingerprint density at radius 2 is 1.63 bits per heavy atom. The zero-order valence-corrected chi connectivity index (χ0v) is 21.1. The van der Waals surface area contributed by atoms with Crippen LogP contribution in [0.1, 0.15) is 27.3 Å². The van der Waals surface area contributed by atoms with Gasteiger partial charge in [-0.25, -0.2) is 4.98 Å². The second-order valence-electron chi connectivity index (χ2n) is 8.85. The van der Waals surface area contributed by atoms with Crippen molar-refractivity contribution < 1.29 is 14.3 Å². The molecule has 0 aliphatic carbocycles. The summed E-state index contributed by atoms with van der Waals surface area (Å²) in [6.45, 7) is 0.765. The molecule has 0 saturated heterocycles. The number of aromatic amines is 1. The number of carbonyl (C=O) groups is 2. The number of carbonyl (C=O) groups excluding carboxylic acids is 2. The minimum atomic E-state index is -0.275. The molecule has 0 spiro atoms. The maximum atomic E-state index is 13.0. The summed E-state index contributed by atoms with van der Waals surface area (Å²) in [5, 5.41) is 12.9. The molecule has 0 fully saturated rings. The molecular formula is C29H23N5O3S. The molecule has 2 aromatic heterocycles. The van der Waals surface area contributed by atoms with E-state index in [1.165, 1.54) is 11.3 Å². The summed E-state index contributed by atoms with van der Waals surface area (Å²) in [5.41, 5.74) is 3.84. The zero-order valence-electron chi connectivity index (χ0n) is 20.3. The van der Waals surface area contributed by atoms with E-state index in [4.69, 9.17) is 4.74 Å².